The summed E-state index contributed by atoms with van der Waals surface area (Å²) in [5.41, 5.74) is 8.87. The van der Waals surface area contributed by atoms with Gasteiger partial charge in [-0.05, 0) is 57.5 Å². The Morgan fingerprint density at radius 3 is 2.40 bits per heavy atom. The van der Waals surface area contributed by atoms with Crippen molar-refractivity contribution in [3.63, 3.8) is 0 Å². The summed E-state index contributed by atoms with van der Waals surface area (Å²) >= 11 is 6.42. The molecule has 2 fully saturated rings. The SMILES string of the molecule is CCOP(=O)(Cc1ccccc1NC(=NC=Nc1ccc(N2CCC(N3CCN(C)CC3)CC2)cc1OC)C(Cl)=CN)OCC. The number of amidine groups is 1. The number of rotatable bonds is 13. The number of ether oxygens (including phenoxy) is 1. The lowest BCUT2D eigenvalue weighted by Gasteiger charge is -2.42. The van der Waals surface area contributed by atoms with E-state index >= 15 is 0 Å². The van der Waals surface area contributed by atoms with Gasteiger partial charge in [-0.3, -0.25) is 9.46 Å². The summed E-state index contributed by atoms with van der Waals surface area (Å²) in [6.07, 6.45) is 5.05. The summed E-state index contributed by atoms with van der Waals surface area (Å²) < 4.78 is 29.9. The van der Waals surface area contributed by atoms with Gasteiger partial charge in [0.25, 0.3) is 0 Å². The molecule has 2 aromatic rings. The Morgan fingerprint density at radius 1 is 1.07 bits per heavy atom. The highest BCUT2D eigenvalue weighted by Gasteiger charge is 2.28. The average molecular weight is 660 g/mol. The molecule has 2 aliphatic heterocycles. The normalized spacial score (nSPS) is 18.1. The molecule has 2 aliphatic rings. The lowest BCUT2D eigenvalue weighted by Crippen LogP contribution is -2.52. The number of anilines is 2. The standard InChI is InChI=1S/C32H47ClN7O4P/c1-5-43-45(41,44-6-2)23-25-9-7-8-10-29(25)37-32(28(33)22-34)36-24-35-30-12-11-27(21-31(30)42-4)39-15-13-26(14-16-39)40-19-17-38(3)18-20-40/h7-12,21-22,24,26H,5-6,13-20,23,34H2,1-4H3,(H,35,36,37). The molecule has 0 bridgehead atoms. The second kappa shape index (κ2) is 17.1. The van der Waals surface area contributed by atoms with Crippen LogP contribution in [0, 0.1) is 0 Å². The number of halogens is 1. The number of piperazine rings is 1. The molecule has 246 valence electrons. The van der Waals surface area contributed by atoms with Crippen LogP contribution >= 0.6 is 19.2 Å². The first-order valence-electron chi connectivity index (χ1n) is 15.6. The van der Waals surface area contributed by atoms with E-state index in [1.54, 1.807) is 21.0 Å². The highest BCUT2D eigenvalue weighted by molar-refractivity contribution is 7.53. The number of hydrogen-bond donors (Lipinski definition) is 2. The Bertz CT molecular complexity index is 1380. The van der Waals surface area contributed by atoms with Crippen molar-refractivity contribution in [1.82, 2.24) is 9.80 Å². The predicted molar refractivity (Wildman–Crippen MR) is 186 cm³/mol. The van der Waals surface area contributed by atoms with E-state index in [2.05, 4.69) is 43.1 Å². The summed E-state index contributed by atoms with van der Waals surface area (Å²) in [7, 11) is 0.502. The molecule has 11 nitrogen and oxygen atoms in total. The largest absolute Gasteiger partial charge is 0.494 e. The van der Waals surface area contributed by atoms with E-state index in [0.717, 1.165) is 63.4 Å². The number of aliphatic imine (C=N–C) groups is 2. The van der Waals surface area contributed by atoms with E-state index in [0.29, 0.717) is 23.2 Å². The van der Waals surface area contributed by atoms with Gasteiger partial charge in [-0.2, -0.15) is 0 Å². The Morgan fingerprint density at radius 2 is 1.76 bits per heavy atom. The van der Waals surface area contributed by atoms with Gasteiger partial charge < -0.3 is 34.6 Å². The van der Waals surface area contributed by atoms with Crippen molar-refractivity contribution < 1.29 is 18.3 Å². The van der Waals surface area contributed by atoms with Crippen LogP contribution in [0.4, 0.5) is 17.1 Å². The van der Waals surface area contributed by atoms with E-state index < -0.39 is 7.60 Å². The molecular weight excluding hydrogens is 613 g/mol. The summed E-state index contributed by atoms with van der Waals surface area (Å²) in [4.78, 5) is 16.5. The van der Waals surface area contributed by atoms with Crippen LogP contribution < -0.4 is 20.7 Å². The van der Waals surface area contributed by atoms with Crippen LogP contribution in [0.2, 0.25) is 0 Å². The molecule has 0 amide bonds. The number of methoxy groups -OCH3 is 1. The van der Waals surface area contributed by atoms with Gasteiger partial charge in [0.2, 0.25) is 0 Å². The van der Waals surface area contributed by atoms with Crippen molar-refractivity contribution in [1.29, 1.82) is 0 Å². The van der Waals surface area contributed by atoms with Crippen molar-refractivity contribution in [3.05, 3.63) is 59.3 Å². The van der Waals surface area contributed by atoms with E-state index in [4.69, 9.17) is 31.1 Å². The first-order chi connectivity index (χ1) is 21.8. The zero-order valence-corrected chi connectivity index (χ0v) is 28.5. The minimum absolute atomic E-state index is 0.0836. The molecule has 0 atom stereocenters. The Kier molecular flexibility index (Phi) is 13.3. The molecule has 3 N–H and O–H groups in total. The van der Waals surface area contributed by atoms with Crippen LogP contribution in [0.15, 0.2) is 63.7 Å². The Hall–Kier alpha value is -2.92. The van der Waals surface area contributed by atoms with Crippen molar-refractivity contribution in [2.24, 2.45) is 15.7 Å². The van der Waals surface area contributed by atoms with E-state index in [1.165, 1.54) is 12.5 Å². The minimum Gasteiger partial charge on any atom is -0.494 e. The average Bonchev–Trinajstić information content (AvgIpc) is 3.05. The Balaban J connectivity index is 1.45. The number of hydrogen-bond acceptors (Lipinski definition) is 9. The lowest BCUT2D eigenvalue weighted by molar-refractivity contribution is 0.0982. The molecule has 0 aliphatic carbocycles. The van der Waals surface area contributed by atoms with Crippen molar-refractivity contribution in [3.8, 4) is 5.75 Å². The maximum absolute atomic E-state index is 13.2. The molecule has 0 radical (unpaired) electrons. The number of nitrogens with one attached hydrogen (secondary N) is 1. The smallest absolute Gasteiger partial charge is 0.335 e. The third-order valence-electron chi connectivity index (χ3n) is 8.09. The molecule has 0 saturated carbocycles. The second-order valence-electron chi connectivity index (χ2n) is 11.0. The summed E-state index contributed by atoms with van der Waals surface area (Å²) in [6, 6.07) is 14.1. The maximum Gasteiger partial charge on any atom is 0.335 e. The van der Waals surface area contributed by atoms with Gasteiger partial charge >= 0.3 is 7.60 Å². The molecule has 4 rings (SSSR count). The number of piperidine rings is 1. The van der Waals surface area contributed by atoms with Crippen LogP contribution in [-0.2, 0) is 19.8 Å². The molecule has 2 saturated heterocycles. The van der Waals surface area contributed by atoms with Crippen molar-refractivity contribution in [2.45, 2.75) is 38.9 Å². The first-order valence-corrected chi connectivity index (χ1v) is 17.7. The number of nitrogens with zero attached hydrogens (tertiary/aromatic N) is 5. The van der Waals surface area contributed by atoms with Gasteiger partial charge in [0.05, 0.1) is 31.5 Å². The summed E-state index contributed by atoms with van der Waals surface area (Å²) in [6.45, 7) is 10.8. The van der Waals surface area contributed by atoms with Gasteiger partial charge in [-0.15, -0.1) is 0 Å². The number of benzene rings is 2. The maximum atomic E-state index is 13.2. The number of para-hydroxylation sites is 1. The second-order valence-corrected chi connectivity index (χ2v) is 13.5. The highest BCUT2D eigenvalue weighted by atomic mass is 35.5. The summed E-state index contributed by atoms with van der Waals surface area (Å²) in [5, 5.41) is 3.40. The zero-order chi connectivity index (χ0) is 32.2. The molecule has 13 heteroatoms. The van der Waals surface area contributed by atoms with Crippen LogP contribution in [-0.4, -0.2) is 94.7 Å². The van der Waals surface area contributed by atoms with Crippen molar-refractivity contribution >= 4 is 48.4 Å². The molecule has 0 spiro atoms. The van der Waals surface area contributed by atoms with Gasteiger partial charge in [0.15, 0.2) is 5.84 Å². The van der Waals surface area contributed by atoms with Crippen LogP contribution in [0.5, 0.6) is 5.75 Å². The number of likely N-dealkylation sites (N-methyl/N-ethyl adjacent to an activating group) is 1. The van der Waals surface area contributed by atoms with E-state index in [1.807, 2.05) is 36.4 Å². The molecule has 0 aromatic heterocycles. The predicted octanol–water partition coefficient (Wildman–Crippen LogP) is 5.89. The van der Waals surface area contributed by atoms with Gasteiger partial charge in [-0.25, -0.2) is 9.98 Å². The topological polar surface area (TPSA) is 117 Å². The molecule has 2 aromatic carbocycles. The highest BCUT2D eigenvalue weighted by Crippen LogP contribution is 2.52. The third-order valence-corrected chi connectivity index (χ3v) is 10.4. The van der Waals surface area contributed by atoms with Crippen LogP contribution in [0.25, 0.3) is 0 Å². The van der Waals surface area contributed by atoms with E-state index in [-0.39, 0.29) is 30.2 Å². The molecule has 2 heterocycles. The Labute approximate surface area is 272 Å². The summed E-state index contributed by atoms with van der Waals surface area (Å²) in [5.74, 6) is 0.930. The quantitative estimate of drug-likeness (QED) is 0.154. The fraction of sp³-hybridized carbons (Fsp3) is 0.500. The number of nitrogens with two attached hydrogens (primary N) is 1. The monoisotopic (exact) mass is 659 g/mol. The zero-order valence-electron chi connectivity index (χ0n) is 26.8. The van der Waals surface area contributed by atoms with E-state index in [9.17, 15) is 4.57 Å². The fourth-order valence-corrected chi connectivity index (χ4v) is 7.50. The van der Waals surface area contributed by atoms with Gasteiger partial charge in [-0.1, -0.05) is 29.8 Å². The van der Waals surface area contributed by atoms with Crippen LogP contribution in [0.1, 0.15) is 32.3 Å². The molecular formula is C32H47ClN7O4P. The third kappa shape index (κ3) is 9.78. The first kappa shape index (κ1) is 34.9. The minimum atomic E-state index is -3.34. The van der Waals surface area contributed by atoms with Crippen molar-refractivity contribution in [2.75, 3.05) is 76.9 Å². The fourth-order valence-electron chi connectivity index (χ4n) is 5.67. The van der Waals surface area contributed by atoms with Gasteiger partial charge in [0, 0.05) is 69.0 Å². The van der Waals surface area contributed by atoms with Crippen LogP contribution in [0.3, 0.4) is 0 Å². The van der Waals surface area contributed by atoms with Gasteiger partial charge in [0.1, 0.15) is 17.8 Å². The lowest BCUT2D eigenvalue weighted by atomic mass is 10.0. The molecule has 45 heavy (non-hydrogen) atoms. The molecule has 0 unspecified atom stereocenters.